The molecule has 0 aliphatic heterocycles. The number of hydrogen-bond acceptors (Lipinski definition) is 2. The maximum Gasteiger partial charge on any atom is 0.0633 e. The third kappa shape index (κ3) is 6.27. The van der Waals surface area contributed by atoms with Crippen LogP contribution in [0.5, 0.6) is 0 Å². The molecule has 2 heteroatoms. The van der Waals surface area contributed by atoms with Crippen LogP contribution in [0.2, 0.25) is 0 Å². The van der Waals surface area contributed by atoms with Crippen molar-refractivity contribution in [1.29, 1.82) is 0 Å². The summed E-state index contributed by atoms with van der Waals surface area (Å²) in [6.45, 7) is 9.33. The van der Waals surface area contributed by atoms with E-state index in [0.717, 1.165) is 34.1 Å². The van der Waals surface area contributed by atoms with Gasteiger partial charge in [-0.25, -0.2) is 0 Å². The fourth-order valence-electron chi connectivity index (χ4n) is 9.23. The zero-order valence-electron chi connectivity index (χ0n) is 30.8. The average molecular weight is 661 g/mol. The lowest BCUT2D eigenvalue weighted by Crippen LogP contribution is -2.07. The summed E-state index contributed by atoms with van der Waals surface area (Å²) in [6.07, 6.45) is 12.6. The van der Waals surface area contributed by atoms with E-state index in [1.807, 2.05) is 0 Å². The van der Waals surface area contributed by atoms with Crippen LogP contribution in [0, 0.1) is 11.8 Å². The highest BCUT2D eigenvalue weighted by Gasteiger charge is 2.32. The molecule has 4 N–H and O–H groups in total. The van der Waals surface area contributed by atoms with Gasteiger partial charge in [0, 0.05) is 23.0 Å². The molecule has 0 saturated heterocycles. The molecule has 7 rings (SSSR count). The molecule has 2 aliphatic carbocycles. The van der Waals surface area contributed by atoms with Gasteiger partial charge in [-0.05, 0) is 92.4 Å². The third-order valence-corrected chi connectivity index (χ3v) is 12.2. The molecule has 2 nitrogen and oxygen atoms in total. The predicted molar refractivity (Wildman–Crippen MR) is 217 cm³/mol. The molecular weight excluding hydrogens is 605 g/mol. The van der Waals surface area contributed by atoms with Gasteiger partial charge in [0.1, 0.15) is 0 Å². The molecular formula is C48H56N2. The molecule has 258 valence electrons. The molecule has 50 heavy (non-hydrogen) atoms. The Labute approximate surface area is 301 Å². The average Bonchev–Trinajstić information content (AvgIpc) is 3.63. The van der Waals surface area contributed by atoms with Crippen molar-refractivity contribution in [2.45, 2.75) is 104 Å². The van der Waals surface area contributed by atoms with Crippen molar-refractivity contribution >= 4 is 11.4 Å². The van der Waals surface area contributed by atoms with Crippen molar-refractivity contribution in [3.05, 3.63) is 119 Å². The number of nitrogen functional groups attached to an aromatic ring is 2. The Kier molecular flexibility index (Phi) is 10.2. The molecule has 2 aliphatic rings. The van der Waals surface area contributed by atoms with Crippen LogP contribution in [0.4, 0.5) is 11.4 Å². The Hall–Kier alpha value is -4.30. The topological polar surface area (TPSA) is 52.0 Å². The zero-order valence-corrected chi connectivity index (χ0v) is 30.8. The van der Waals surface area contributed by atoms with E-state index in [0.29, 0.717) is 23.2 Å². The summed E-state index contributed by atoms with van der Waals surface area (Å²) < 4.78 is 0. The van der Waals surface area contributed by atoms with Crippen LogP contribution in [0.1, 0.15) is 126 Å². The predicted octanol–water partition coefficient (Wildman–Crippen LogP) is 13.6. The van der Waals surface area contributed by atoms with E-state index in [9.17, 15) is 0 Å². The molecule has 0 aromatic heterocycles. The fraction of sp³-hybridized carbons (Fsp3) is 0.375. The van der Waals surface area contributed by atoms with E-state index in [1.54, 1.807) is 0 Å². The van der Waals surface area contributed by atoms with Gasteiger partial charge < -0.3 is 11.5 Å². The van der Waals surface area contributed by atoms with Gasteiger partial charge in [0.25, 0.3) is 0 Å². The van der Waals surface area contributed by atoms with Crippen molar-refractivity contribution < 1.29 is 0 Å². The second kappa shape index (κ2) is 14.9. The molecule has 0 spiro atoms. The Bertz CT molecular complexity index is 1830. The van der Waals surface area contributed by atoms with Crippen LogP contribution in [0.3, 0.4) is 0 Å². The molecule has 0 saturated carbocycles. The molecule has 5 aromatic rings. The lowest BCUT2D eigenvalue weighted by Gasteiger charge is -2.22. The fourth-order valence-corrected chi connectivity index (χ4v) is 9.23. The van der Waals surface area contributed by atoms with E-state index >= 15 is 0 Å². The Morgan fingerprint density at radius 1 is 0.460 bits per heavy atom. The first-order valence-electron chi connectivity index (χ1n) is 19.6. The van der Waals surface area contributed by atoms with E-state index in [4.69, 9.17) is 11.5 Å². The molecule has 4 atom stereocenters. The minimum Gasteiger partial charge on any atom is -0.397 e. The maximum absolute atomic E-state index is 6.99. The number of rotatable bonds is 14. The molecule has 0 radical (unpaired) electrons. The maximum atomic E-state index is 6.99. The van der Waals surface area contributed by atoms with Gasteiger partial charge in [-0.2, -0.15) is 0 Å². The summed E-state index contributed by atoms with van der Waals surface area (Å²) in [6, 6.07) is 36.4. The Morgan fingerprint density at radius 3 is 1.24 bits per heavy atom. The zero-order chi connectivity index (χ0) is 34.8. The van der Waals surface area contributed by atoms with Crippen molar-refractivity contribution in [3.63, 3.8) is 0 Å². The summed E-state index contributed by atoms with van der Waals surface area (Å²) in [5, 5.41) is 0. The lowest BCUT2D eigenvalue weighted by atomic mass is 9.82. The van der Waals surface area contributed by atoms with Gasteiger partial charge in [-0.3, -0.25) is 0 Å². The number of fused-ring (bicyclic) bond motifs is 6. The van der Waals surface area contributed by atoms with Crippen LogP contribution in [-0.2, 0) is 0 Å². The summed E-state index contributed by atoms with van der Waals surface area (Å²) in [5.74, 6) is 2.29. The van der Waals surface area contributed by atoms with E-state index in [2.05, 4.69) is 125 Å². The van der Waals surface area contributed by atoms with Crippen molar-refractivity contribution in [2.24, 2.45) is 11.8 Å². The summed E-state index contributed by atoms with van der Waals surface area (Å²) in [7, 11) is 0. The van der Waals surface area contributed by atoms with Crippen molar-refractivity contribution in [3.8, 4) is 44.5 Å². The van der Waals surface area contributed by atoms with Crippen LogP contribution in [0.25, 0.3) is 44.5 Å². The molecule has 0 amide bonds. The largest absolute Gasteiger partial charge is 0.397 e. The third-order valence-electron chi connectivity index (χ3n) is 12.2. The second-order valence-electron chi connectivity index (χ2n) is 15.2. The SMILES string of the molecule is CCCCC(CC)CC1c2ccccc2-c2ccc(-c3ccc(-c4ccc5c(c4)C(CC(CC)CCCC)c4ccccc4-5)c(N)c3N)cc21. The quantitative estimate of drug-likeness (QED) is 0.116. The minimum atomic E-state index is 0.415. The van der Waals surface area contributed by atoms with Crippen molar-refractivity contribution in [1.82, 2.24) is 0 Å². The highest BCUT2D eigenvalue weighted by molar-refractivity contribution is 5.95. The summed E-state index contributed by atoms with van der Waals surface area (Å²) in [5.41, 5.74) is 31.0. The van der Waals surface area contributed by atoms with E-state index < -0.39 is 0 Å². The summed E-state index contributed by atoms with van der Waals surface area (Å²) in [4.78, 5) is 0. The summed E-state index contributed by atoms with van der Waals surface area (Å²) >= 11 is 0. The van der Waals surface area contributed by atoms with Gasteiger partial charge in [0.05, 0.1) is 11.4 Å². The highest BCUT2D eigenvalue weighted by atomic mass is 14.7. The van der Waals surface area contributed by atoms with Crippen LogP contribution < -0.4 is 11.5 Å². The molecule has 0 heterocycles. The monoisotopic (exact) mass is 660 g/mol. The molecule has 0 bridgehead atoms. The van der Waals surface area contributed by atoms with E-state index in [-0.39, 0.29) is 0 Å². The van der Waals surface area contributed by atoms with E-state index in [1.165, 1.54) is 109 Å². The van der Waals surface area contributed by atoms with Gasteiger partial charge in [0.2, 0.25) is 0 Å². The highest BCUT2D eigenvalue weighted by Crippen LogP contribution is 2.52. The second-order valence-corrected chi connectivity index (χ2v) is 15.2. The van der Waals surface area contributed by atoms with Crippen molar-refractivity contribution in [2.75, 3.05) is 11.5 Å². The molecule has 4 unspecified atom stereocenters. The van der Waals surface area contributed by atoms with Crippen LogP contribution in [-0.4, -0.2) is 0 Å². The first kappa shape index (κ1) is 34.2. The van der Waals surface area contributed by atoms with Gasteiger partial charge in [0.15, 0.2) is 0 Å². The van der Waals surface area contributed by atoms with Gasteiger partial charge in [-0.15, -0.1) is 0 Å². The van der Waals surface area contributed by atoms with Gasteiger partial charge >= 0.3 is 0 Å². The minimum absolute atomic E-state index is 0.415. The first-order chi connectivity index (χ1) is 24.5. The number of hydrogen-bond donors (Lipinski definition) is 2. The Balaban J connectivity index is 1.22. The normalized spacial score (nSPS) is 16.8. The first-order valence-corrected chi connectivity index (χ1v) is 19.6. The van der Waals surface area contributed by atoms with Gasteiger partial charge in [-0.1, -0.05) is 164 Å². The number of anilines is 2. The number of nitrogens with two attached hydrogens (primary N) is 2. The number of benzene rings is 5. The Morgan fingerprint density at radius 2 is 0.840 bits per heavy atom. The smallest absolute Gasteiger partial charge is 0.0633 e. The van der Waals surface area contributed by atoms with Crippen LogP contribution >= 0.6 is 0 Å². The molecule has 5 aromatic carbocycles. The number of unbranched alkanes of at least 4 members (excludes halogenated alkanes) is 2. The van der Waals surface area contributed by atoms with Crippen LogP contribution in [0.15, 0.2) is 97.1 Å². The standard InChI is InChI=1S/C48H56N2/c1-5-9-15-31(7-3)27-43-39-19-13-11-17-37(39)41-23-21-33(29-45(41)43)35-25-26-36(48(50)47(35)49)34-22-24-42-38-18-12-14-20-40(38)44(46(42)30-34)28-32(8-4)16-10-6-2/h11-14,17-26,29-32,43-44H,5-10,15-16,27-28,49-50H2,1-4H3. The lowest BCUT2D eigenvalue weighted by molar-refractivity contribution is 0.404. The molecule has 0 fully saturated rings.